The van der Waals surface area contributed by atoms with Crippen LogP contribution >= 0.6 is 0 Å². The molecule has 1 fully saturated rings. The summed E-state index contributed by atoms with van der Waals surface area (Å²) in [6.07, 6.45) is 5.69. The first kappa shape index (κ1) is 5.45. The van der Waals surface area contributed by atoms with Crippen LogP contribution in [0.15, 0.2) is 12.2 Å². The smallest absolute Gasteiger partial charge is 0.133 e. The molecule has 0 aliphatic heterocycles. The predicted octanol–water partition coefficient (Wildman–Crippen LogP) is 2.31. The van der Waals surface area contributed by atoms with E-state index in [0.29, 0.717) is 11.8 Å². The average Bonchev–Trinajstić information content (AvgIpc) is 2.39. The van der Waals surface area contributed by atoms with Crippen molar-refractivity contribution in [2.24, 2.45) is 11.8 Å². The van der Waals surface area contributed by atoms with Gasteiger partial charge in [-0.1, -0.05) is 19.1 Å². The van der Waals surface area contributed by atoms with Gasteiger partial charge in [0.15, 0.2) is 0 Å². The number of hydrogen-bond acceptors (Lipinski definition) is 0. The molecule has 0 aromatic rings. The summed E-state index contributed by atoms with van der Waals surface area (Å²) in [6.45, 7) is 2.12. The van der Waals surface area contributed by atoms with Crippen LogP contribution in [0.1, 0.15) is 19.8 Å². The van der Waals surface area contributed by atoms with Crippen LogP contribution in [0.5, 0.6) is 0 Å². The third kappa shape index (κ3) is 0.577. The van der Waals surface area contributed by atoms with E-state index in [2.05, 4.69) is 6.92 Å². The van der Waals surface area contributed by atoms with Crippen molar-refractivity contribution in [1.82, 2.24) is 0 Å². The Balaban J connectivity index is 2.13. The third-order valence-electron chi connectivity index (χ3n) is 2.60. The molecule has 0 aromatic carbocycles. The molecule has 0 aromatic heterocycles. The highest BCUT2D eigenvalue weighted by Gasteiger charge is 2.59. The number of hydrogen-bond donors (Lipinski definition) is 0. The largest absolute Gasteiger partial charge is 0.239 e. The fourth-order valence-corrected chi connectivity index (χ4v) is 1.82. The molecule has 1 saturated carbocycles. The molecule has 1 heteroatoms. The normalized spacial score (nSPS) is 53.6. The Morgan fingerprint density at radius 3 is 2.78 bits per heavy atom. The molecular weight excluding hydrogens is 115 g/mol. The van der Waals surface area contributed by atoms with Crippen LogP contribution in [0, 0.1) is 11.8 Å². The van der Waals surface area contributed by atoms with Crippen molar-refractivity contribution in [2.75, 3.05) is 0 Å². The lowest BCUT2D eigenvalue weighted by molar-refractivity contribution is 0.341. The van der Waals surface area contributed by atoms with Crippen LogP contribution in [-0.2, 0) is 0 Å². The van der Waals surface area contributed by atoms with Gasteiger partial charge in [-0.05, 0) is 18.8 Å². The van der Waals surface area contributed by atoms with E-state index in [1.54, 1.807) is 6.08 Å². The molecule has 0 heterocycles. The molecule has 2 aliphatic carbocycles. The van der Waals surface area contributed by atoms with Gasteiger partial charge >= 0.3 is 0 Å². The lowest BCUT2D eigenvalue weighted by Crippen LogP contribution is -1.98. The first-order valence-corrected chi connectivity index (χ1v) is 3.64. The summed E-state index contributed by atoms with van der Waals surface area (Å²) < 4.78 is 13.0. The minimum atomic E-state index is -0.847. The molecule has 2 rings (SSSR count). The summed E-state index contributed by atoms with van der Waals surface area (Å²) in [5, 5.41) is 0. The van der Waals surface area contributed by atoms with Gasteiger partial charge in [-0.2, -0.15) is 0 Å². The third-order valence-corrected chi connectivity index (χ3v) is 2.60. The minimum Gasteiger partial charge on any atom is -0.239 e. The van der Waals surface area contributed by atoms with Gasteiger partial charge < -0.3 is 0 Å². The van der Waals surface area contributed by atoms with Crippen molar-refractivity contribution < 1.29 is 4.39 Å². The van der Waals surface area contributed by atoms with Gasteiger partial charge in [-0.25, -0.2) is 4.39 Å². The fourth-order valence-electron chi connectivity index (χ4n) is 1.82. The zero-order valence-corrected chi connectivity index (χ0v) is 5.60. The highest BCUT2D eigenvalue weighted by molar-refractivity contribution is 5.27. The van der Waals surface area contributed by atoms with Gasteiger partial charge in [0.2, 0.25) is 0 Å². The molecule has 0 N–H and O–H groups in total. The summed E-state index contributed by atoms with van der Waals surface area (Å²) in [6, 6.07) is 0. The van der Waals surface area contributed by atoms with E-state index in [9.17, 15) is 4.39 Å². The van der Waals surface area contributed by atoms with Gasteiger partial charge in [0.05, 0.1) is 0 Å². The number of fused-ring (bicyclic) bond motifs is 1. The zero-order chi connectivity index (χ0) is 6.48. The standard InChI is InChI=1S/C8H11F/c1-2-6-3-4-8(9)5-7(6)8/h3-4,6-7H,2,5H2,1H3/t6?,7?,8-/m1/s1. The molecule has 0 bridgehead atoms. The molecule has 0 radical (unpaired) electrons. The number of allylic oxidation sites excluding steroid dienone is 2. The maximum atomic E-state index is 13.0. The Morgan fingerprint density at radius 2 is 2.56 bits per heavy atom. The SMILES string of the molecule is CCC1C=C[C@@]2(F)CC12. The number of rotatable bonds is 1. The van der Waals surface area contributed by atoms with Crippen LogP contribution in [-0.4, -0.2) is 5.67 Å². The Hall–Kier alpha value is -0.330. The molecule has 50 valence electrons. The summed E-state index contributed by atoms with van der Waals surface area (Å²) >= 11 is 0. The maximum Gasteiger partial charge on any atom is 0.133 e. The van der Waals surface area contributed by atoms with Crippen LogP contribution in [0.3, 0.4) is 0 Å². The first-order valence-electron chi connectivity index (χ1n) is 3.64. The number of alkyl halides is 1. The maximum absolute atomic E-state index is 13.0. The Bertz CT molecular complexity index is 162. The van der Waals surface area contributed by atoms with E-state index >= 15 is 0 Å². The average molecular weight is 126 g/mol. The van der Waals surface area contributed by atoms with Crippen molar-refractivity contribution in [1.29, 1.82) is 0 Å². The zero-order valence-electron chi connectivity index (χ0n) is 5.60. The van der Waals surface area contributed by atoms with Crippen LogP contribution in [0.2, 0.25) is 0 Å². The second-order valence-electron chi connectivity index (χ2n) is 3.17. The van der Waals surface area contributed by atoms with Gasteiger partial charge in [-0.3, -0.25) is 0 Å². The second kappa shape index (κ2) is 1.39. The fraction of sp³-hybridized carbons (Fsp3) is 0.750. The van der Waals surface area contributed by atoms with Crippen LogP contribution in [0.4, 0.5) is 4.39 Å². The lowest BCUT2D eigenvalue weighted by Gasteiger charge is -2.01. The van der Waals surface area contributed by atoms with Gasteiger partial charge in [0.25, 0.3) is 0 Å². The Kier molecular flexibility index (Phi) is 0.842. The van der Waals surface area contributed by atoms with Crippen molar-refractivity contribution in [3.8, 4) is 0 Å². The van der Waals surface area contributed by atoms with Crippen LogP contribution in [0.25, 0.3) is 0 Å². The van der Waals surface area contributed by atoms with Crippen LogP contribution < -0.4 is 0 Å². The molecule has 0 spiro atoms. The minimum absolute atomic E-state index is 0.363. The summed E-state index contributed by atoms with van der Waals surface area (Å²) in [7, 11) is 0. The summed E-state index contributed by atoms with van der Waals surface area (Å²) in [4.78, 5) is 0. The highest BCUT2D eigenvalue weighted by Crippen LogP contribution is 2.58. The van der Waals surface area contributed by atoms with Gasteiger partial charge in [0, 0.05) is 5.92 Å². The molecular formula is C8H11F. The Morgan fingerprint density at radius 1 is 1.78 bits per heavy atom. The molecule has 0 saturated heterocycles. The van der Waals surface area contributed by atoms with Gasteiger partial charge in [0.1, 0.15) is 5.67 Å². The molecule has 3 atom stereocenters. The van der Waals surface area contributed by atoms with E-state index in [-0.39, 0.29) is 0 Å². The monoisotopic (exact) mass is 126 g/mol. The van der Waals surface area contributed by atoms with Crippen molar-refractivity contribution in [3.63, 3.8) is 0 Å². The van der Waals surface area contributed by atoms with E-state index in [4.69, 9.17) is 0 Å². The lowest BCUT2D eigenvalue weighted by atomic mass is 10.0. The second-order valence-corrected chi connectivity index (χ2v) is 3.17. The van der Waals surface area contributed by atoms with E-state index in [1.165, 1.54) is 0 Å². The van der Waals surface area contributed by atoms with Crippen molar-refractivity contribution >= 4 is 0 Å². The molecule has 0 nitrogen and oxygen atoms in total. The van der Waals surface area contributed by atoms with E-state index < -0.39 is 5.67 Å². The molecule has 2 aliphatic rings. The predicted molar refractivity (Wildman–Crippen MR) is 34.9 cm³/mol. The Labute approximate surface area is 54.8 Å². The molecule has 0 amide bonds. The van der Waals surface area contributed by atoms with Gasteiger partial charge in [-0.15, -0.1) is 0 Å². The van der Waals surface area contributed by atoms with Crippen molar-refractivity contribution in [2.45, 2.75) is 25.4 Å². The molecule has 9 heavy (non-hydrogen) atoms. The van der Waals surface area contributed by atoms with E-state index in [1.807, 2.05) is 6.08 Å². The summed E-state index contributed by atoms with van der Waals surface area (Å²) in [5.74, 6) is 0.914. The van der Waals surface area contributed by atoms with E-state index in [0.717, 1.165) is 12.8 Å². The number of halogens is 1. The quantitative estimate of drug-likeness (QED) is 0.473. The highest BCUT2D eigenvalue weighted by atomic mass is 19.1. The van der Waals surface area contributed by atoms with Crippen molar-refractivity contribution in [3.05, 3.63) is 12.2 Å². The topological polar surface area (TPSA) is 0 Å². The summed E-state index contributed by atoms with van der Waals surface area (Å²) in [5.41, 5.74) is -0.847. The molecule has 2 unspecified atom stereocenters. The first-order chi connectivity index (χ1) is 4.26.